The van der Waals surface area contributed by atoms with Crippen molar-refractivity contribution in [3.8, 4) is 0 Å². The van der Waals surface area contributed by atoms with Gasteiger partial charge in [0.2, 0.25) is 0 Å². The number of alkyl halides is 6. The van der Waals surface area contributed by atoms with Gasteiger partial charge in [-0.05, 0) is 80.4 Å². The van der Waals surface area contributed by atoms with E-state index in [1.165, 1.54) is 50.9 Å². The van der Waals surface area contributed by atoms with E-state index in [4.69, 9.17) is 0 Å². The number of hydrogen-bond acceptors (Lipinski definition) is 0. The van der Waals surface area contributed by atoms with E-state index < -0.39 is 39.5 Å². The van der Waals surface area contributed by atoms with Crippen LogP contribution in [0.3, 0.4) is 0 Å². The molecule has 0 aliphatic heterocycles. The topological polar surface area (TPSA) is 0 Å². The summed E-state index contributed by atoms with van der Waals surface area (Å²) in [6.45, 7) is 26.4. The molecule has 0 amide bonds. The van der Waals surface area contributed by atoms with Gasteiger partial charge >= 0.3 is 41.5 Å². The van der Waals surface area contributed by atoms with Crippen LogP contribution in [0, 0.1) is 0 Å². The molecule has 0 heterocycles. The Labute approximate surface area is 297 Å². The maximum atomic E-state index is 13.6. The summed E-state index contributed by atoms with van der Waals surface area (Å²) in [7, 11) is 1.91. The predicted molar refractivity (Wildman–Crippen MR) is 192 cm³/mol. The van der Waals surface area contributed by atoms with Gasteiger partial charge in [-0.2, -0.15) is 26.3 Å². The first-order valence-electron chi connectivity index (χ1n) is 15.2. The average Bonchev–Trinajstić information content (AvgIpc) is 2.91. The zero-order valence-electron chi connectivity index (χ0n) is 29.1. The Morgan fingerprint density at radius 2 is 0.894 bits per heavy atom. The van der Waals surface area contributed by atoms with Crippen molar-refractivity contribution in [2.75, 3.05) is 0 Å². The van der Waals surface area contributed by atoms with E-state index in [2.05, 4.69) is 103 Å². The van der Waals surface area contributed by atoms with E-state index in [9.17, 15) is 26.3 Å². The molecule has 0 radical (unpaired) electrons. The van der Waals surface area contributed by atoms with Crippen LogP contribution < -0.4 is 15.9 Å². The third kappa shape index (κ3) is 11.0. The summed E-state index contributed by atoms with van der Waals surface area (Å²) < 4.78 is 82.6. The molecule has 0 aliphatic rings. The molecule has 0 saturated heterocycles. The fraction of sp³-hybridized carbons (Fsp3) is 0.472. The van der Waals surface area contributed by atoms with Crippen molar-refractivity contribution in [3.05, 3.63) is 88.5 Å². The van der Waals surface area contributed by atoms with Crippen molar-refractivity contribution >= 4 is 54.0 Å². The first kappa shape index (κ1) is 42.3. The van der Waals surface area contributed by atoms with Gasteiger partial charge in [-0.3, -0.25) is 0 Å². The van der Waals surface area contributed by atoms with E-state index in [1.54, 1.807) is 20.0 Å². The molecular weight excluding hydrogens is 869 g/mol. The summed E-state index contributed by atoms with van der Waals surface area (Å²) in [5, 5.41) is 2.58. The van der Waals surface area contributed by atoms with Crippen LogP contribution >= 0.6 is 25.3 Å². The quantitative estimate of drug-likeness (QED) is 0.136. The first-order valence-corrected chi connectivity index (χ1v) is 23.6. The van der Waals surface area contributed by atoms with Gasteiger partial charge in [-0.1, -0.05) is 127 Å². The van der Waals surface area contributed by atoms with Crippen LogP contribution in [-0.4, -0.2) is 12.7 Å². The normalized spacial score (nSPS) is 13.9. The van der Waals surface area contributed by atoms with Crippen molar-refractivity contribution in [2.45, 2.75) is 111 Å². The van der Waals surface area contributed by atoms with Crippen LogP contribution in [0.15, 0.2) is 60.7 Å². The zero-order valence-corrected chi connectivity index (χ0v) is 34.8. The molecule has 0 spiro atoms. The summed E-state index contributed by atoms with van der Waals surface area (Å²) in [5.41, 5.74) is 1.66. The molecule has 0 aliphatic carbocycles. The average molecular weight is 915 g/mol. The predicted octanol–water partition coefficient (Wildman–Crippen LogP) is 12.0. The van der Waals surface area contributed by atoms with Gasteiger partial charge in [-0.25, -0.2) is 0 Å². The number of hydrogen-bond donors (Lipinski definition) is 0. The second kappa shape index (κ2) is 15.1. The molecule has 3 rings (SSSR count). The Kier molecular flexibility index (Phi) is 13.6. The van der Waals surface area contributed by atoms with Gasteiger partial charge in [0.1, 0.15) is 0 Å². The summed E-state index contributed by atoms with van der Waals surface area (Å²) in [6, 6.07) is 15.0. The molecule has 0 nitrogen and oxygen atoms in total. The SMILES string of the molecule is CC(C)(C)c1cc(C(C)(C)C)c(P=C(P(c2ccc(C(F)(F)F)cc2)c2ccc(C(F)(F)F)cc2)[Si](C)(C)C)c(C(C)(C)C)c1.[Cl][Au]. The molecule has 0 saturated carbocycles. The Balaban J connectivity index is 0.00000376. The Morgan fingerprint density at radius 3 is 1.13 bits per heavy atom. The van der Waals surface area contributed by atoms with E-state index in [-0.39, 0.29) is 16.2 Å². The summed E-state index contributed by atoms with van der Waals surface area (Å²) >= 11 is 1.75. The molecule has 0 aromatic heterocycles. The first-order chi connectivity index (χ1) is 21.1. The van der Waals surface area contributed by atoms with E-state index in [0.29, 0.717) is 10.6 Å². The second-order valence-electron chi connectivity index (χ2n) is 15.8. The molecule has 264 valence electrons. The molecule has 3 aromatic carbocycles. The maximum absolute atomic E-state index is 13.6. The van der Waals surface area contributed by atoms with Crippen LogP contribution in [-0.2, 0) is 48.6 Å². The van der Waals surface area contributed by atoms with E-state index in [1.807, 2.05) is 0 Å². The number of halogens is 7. The number of rotatable bonds is 5. The molecule has 0 N–H and O–H groups in total. The molecule has 0 fully saturated rings. The van der Waals surface area contributed by atoms with Crippen LogP contribution in [0.2, 0.25) is 19.6 Å². The van der Waals surface area contributed by atoms with Crippen molar-refractivity contribution < 1.29 is 46.3 Å². The Hall–Kier alpha value is -0.913. The van der Waals surface area contributed by atoms with E-state index in [0.717, 1.165) is 32.5 Å². The summed E-state index contributed by atoms with van der Waals surface area (Å²) in [5.74, 6) is 0. The standard InChI is InChI=1S/C36H46F6P2Si.Au.ClH/c1-32(2,3)25-21-28(33(4,5)6)30(29(22-25)34(7,8)9)43-31(45(10,11)12)44(26-17-13-23(14-18-26)35(37,38)39)27-19-15-24(16-20-27)36(40,41)42;;/h13-22H,1-12H3;;1H/q;+1;/p-1. The molecule has 0 unspecified atom stereocenters. The van der Waals surface area contributed by atoms with Gasteiger partial charge < -0.3 is 0 Å². The fourth-order valence-electron chi connectivity index (χ4n) is 4.98. The van der Waals surface area contributed by atoms with Crippen molar-refractivity contribution in [2.24, 2.45) is 0 Å². The van der Waals surface area contributed by atoms with Crippen LogP contribution in [0.5, 0.6) is 0 Å². The minimum atomic E-state index is -4.49. The van der Waals surface area contributed by atoms with Crippen molar-refractivity contribution in [1.29, 1.82) is 0 Å². The van der Waals surface area contributed by atoms with Gasteiger partial charge in [0.15, 0.2) is 0 Å². The second-order valence-corrected chi connectivity index (χ2v) is 25.2. The Morgan fingerprint density at radius 1 is 0.574 bits per heavy atom. The van der Waals surface area contributed by atoms with Crippen LogP contribution in [0.25, 0.3) is 0 Å². The van der Waals surface area contributed by atoms with Crippen molar-refractivity contribution in [3.63, 3.8) is 0 Å². The van der Waals surface area contributed by atoms with Gasteiger partial charge in [0.05, 0.1) is 19.2 Å². The van der Waals surface area contributed by atoms with Crippen molar-refractivity contribution in [1.82, 2.24) is 0 Å². The third-order valence-corrected chi connectivity index (χ3v) is 17.8. The third-order valence-electron chi connectivity index (χ3n) is 7.60. The molecule has 0 atom stereocenters. The molecule has 47 heavy (non-hydrogen) atoms. The molecule has 0 bridgehead atoms. The van der Waals surface area contributed by atoms with E-state index >= 15 is 0 Å². The zero-order chi connectivity index (χ0) is 36.6. The summed E-state index contributed by atoms with van der Waals surface area (Å²) in [6.07, 6.45) is -8.98. The van der Waals surface area contributed by atoms with Gasteiger partial charge in [-0.15, -0.1) is 0 Å². The molecular formula is C36H46AuClF6P2Si. The van der Waals surface area contributed by atoms with Gasteiger partial charge in [0, 0.05) is 5.30 Å². The number of benzene rings is 3. The monoisotopic (exact) mass is 914 g/mol. The molecule has 3 aromatic rings. The van der Waals surface area contributed by atoms with Crippen LogP contribution in [0.1, 0.15) is 90.1 Å². The molecule has 11 heteroatoms. The Bertz CT molecular complexity index is 1440. The fourth-order valence-corrected chi connectivity index (χ4v) is 14.4. The van der Waals surface area contributed by atoms with Crippen LogP contribution in [0.4, 0.5) is 26.3 Å². The van der Waals surface area contributed by atoms with Gasteiger partial charge in [0.25, 0.3) is 0 Å². The minimum absolute atomic E-state index is 0.0895. The summed E-state index contributed by atoms with van der Waals surface area (Å²) in [4.78, 5) is 0.